The minimum atomic E-state index is 0.881. The van der Waals surface area contributed by atoms with Crippen LogP contribution in [0.2, 0.25) is 0 Å². The lowest BCUT2D eigenvalue weighted by Crippen LogP contribution is -2.10. The van der Waals surface area contributed by atoms with Crippen molar-refractivity contribution in [3.8, 4) is 44.5 Å². The normalized spacial score (nSPS) is 11.9. The Balaban J connectivity index is 0.000000136. The van der Waals surface area contributed by atoms with Crippen LogP contribution in [0.1, 0.15) is 0 Å². The van der Waals surface area contributed by atoms with E-state index >= 15 is 0 Å². The van der Waals surface area contributed by atoms with Gasteiger partial charge in [0.1, 0.15) is 16.7 Å². The first kappa shape index (κ1) is 65.5. The molecule has 20 aromatic carbocycles. The van der Waals surface area contributed by atoms with Crippen LogP contribution in [0.3, 0.4) is 0 Å². The maximum absolute atomic E-state index is 6.92. The quantitative estimate of drug-likeness (QED) is 0.137. The van der Waals surface area contributed by atoms with E-state index < -0.39 is 0 Å². The number of rotatable bonds is 10. The third-order valence-electron chi connectivity index (χ3n) is 23.3. The highest BCUT2D eigenvalue weighted by Crippen LogP contribution is 2.52. The zero-order valence-electron chi connectivity index (χ0n) is 61.6. The Bertz CT molecular complexity index is 7960. The molecule has 0 aliphatic heterocycles. The summed E-state index contributed by atoms with van der Waals surface area (Å²) in [5.74, 6) is 0. The average molecular weight is 1490 g/mol. The summed E-state index contributed by atoms with van der Waals surface area (Å²) in [5.41, 5.74) is 19.6. The highest BCUT2D eigenvalue weighted by atomic mass is 32.1. The molecule has 24 rings (SSSR count). The minimum absolute atomic E-state index is 0.881. The number of hydrogen-bond acceptors (Lipinski definition) is 6. The van der Waals surface area contributed by atoms with Gasteiger partial charge in [-0.1, -0.05) is 309 Å². The fourth-order valence-corrected chi connectivity index (χ4v) is 20.5. The number of hydrogen-bond donors (Lipinski definition) is 0. The highest BCUT2D eigenvalue weighted by molar-refractivity contribution is 7.27. The third kappa shape index (κ3) is 10.7. The predicted octanol–water partition coefficient (Wildman–Crippen LogP) is 32.4. The van der Waals surface area contributed by atoms with Gasteiger partial charge in [0.2, 0.25) is 0 Å². The molecule has 4 heterocycles. The van der Waals surface area contributed by atoms with Crippen molar-refractivity contribution in [2.75, 3.05) is 9.80 Å². The van der Waals surface area contributed by atoms with Gasteiger partial charge in [-0.2, -0.15) is 0 Å². The summed E-state index contributed by atoms with van der Waals surface area (Å²) >= 11 is 3.77. The second-order valence-electron chi connectivity index (χ2n) is 29.6. The van der Waals surface area contributed by atoms with Gasteiger partial charge < -0.3 is 18.6 Å². The molecule has 0 atom stereocenters. The standard InChI is InChI=1S/C56H35NOS.C52H31NOS/c1-2-10-36(11-3-1)38-24-30-43(31-25-38)57(50-19-9-18-49-54-46-15-7-5-13-41(46)29-35-52(54)59-56(49)50)44-32-26-39(27-33-44)37-20-22-42(23-21-37)47-16-8-17-48-53-45-14-6-4-12-40(45)28-34-51(53)58-55(47)48;1-2-16-37(17-3-1)53(44-31-36-15-7-10-20-41(36)49-47-39-18-8-4-12-32(39)24-28-45(47)54-51(44)49)38-26-22-34(23-27-38)43-30-35-14-6-11-21-42(35)50-48-40-19-9-5-13-33(40)25-29-46(48)55-52(43)50/h1-35H;1-31H. The van der Waals surface area contributed by atoms with Crippen molar-refractivity contribution in [1.82, 2.24) is 0 Å². The van der Waals surface area contributed by atoms with Crippen LogP contribution in [-0.4, -0.2) is 0 Å². The molecule has 114 heavy (non-hydrogen) atoms. The molecule has 0 aliphatic carbocycles. The minimum Gasteiger partial charge on any atom is -0.455 e. The Labute approximate surface area is 664 Å². The maximum atomic E-state index is 6.92. The Morgan fingerprint density at radius 1 is 0.193 bits per heavy atom. The van der Waals surface area contributed by atoms with Gasteiger partial charge in [0.05, 0.1) is 16.1 Å². The van der Waals surface area contributed by atoms with Crippen molar-refractivity contribution in [2.45, 2.75) is 0 Å². The van der Waals surface area contributed by atoms with Crippen molar-refractivity contribution in [1.29, 1.82) is 0 Å². The van der Waals surface area contributed by atoms with E-state index in [9.17, 15) is 0 Å². The number of nitrogens with zero attached hydrogens (tertiary/aromatic N) is 2. The third-order valence-corrected chi connectivity index (χ3v) is 25.6. The number of benzene rings is 20. The summed E-state index contributed by atoms with van der Waals surface area (Å²) in [6, 6.07) is 145. The van der Waals surface area contributed by atoms with Crippen LogP contribution in [0.5, 0.6) is 0 Å². The van der Waals surface area contributed by atoms with E-state index in [0.717, 1.165) is 78.1 Å². The SMILES string of the molecule is c1ccc(-c2ccc(N(c3ccc(-c4ccc(-c5cccc6c5oc5ccc7ccccc7c56)cc4)cc3)c3cccc4c3sc3ccc5ccccc5c34)cc2)cc1.c1ccc(N(c2ccc(-c3cc4ccccc4c4c3sc3ccc5ccccc5c34)cc2)c2cc3ccccc3c3c2oc2ccc4ccccc4c23)cc1. The fourth-order valence-electron chi connectivity index (χ4n) is 18.0. The van der Waals surface area contributed by atoms with Gasteiger partial charge in [-0.15, -0.1) is 22.7 Å². The molecule has 4 aromatic heterocycles. The van der Waals surface area contributed by atoms with E-state index in [1.165, 1.54) is 149 Å². The molecule has 0 saturated carbocycles. The Morgan fingerprint density at radius 2 is 0.570 bits per heavy atom. The number of anilines is 6. The molecule has 0 aliphatic rings. The van der Waals surface area contributed by atoms with Crippen molar-refractivity contribution in [3.63, 3.8) is 0 Å². The second kappa shape index (κ2) is 26.7. The van der Waals surface area contributed by atoms with Crippen molar-refractivity contribution in [2.24, 2.45) is 0 Å². The van der Waals surface area contributed by atoms with E-state index in [2.05, 4.69) is 410 Å². The lowest BCUT2D eigenvalue weighted by Gasteiger charge is -2.26. The van der Waals surface area contributed by atoms with Gasteiger partial charge in [0.15, 0.2) is 5.58 Å². The topological polar surface area (TPSA) is 32.8 Å². The van der Waals surface area contributed by atoms with Crippen LogP contribution >= 0.6 is 22.7 Å². The molecule has 24 aromatic rings. The Kier molecular flexibility index (Phi) is 15.3. The van der Waals surface area contributed by atoms with E-state index in [-0.39, 0.29) is 0 Å². The molecule has 0 radical (unpaired) electrons. The Morgan fingerprint density at radius 3 is 1.17 bits per heavy atom. The molecule has 6 heteroatoms. The number of fused-ring (bicyclic) bond motifs is 24. The molecule has 0 spiro atoms. The highest BCUT2D eigenvalue weighted by Gasteiger charge is 2.26. The molecule has 0 fully saturated rings. The van der Waals surface area contributed by atoms with Crippen molar-refractivity contribution in [3.05, 3.63) is 400 Å². The number of thiophene rings is 2. The van der Waals surface area contributed by atoms with E-state index in [4.69, 9.17) is 8.83 Å². The van der Waals surface area contributed by atoms with Crippen LogP contribution < -0.4 is 9.80 Å². The molecular weight excluding hydrogens is 1420 g/mol. The van der Waals surface area contributed by atoms with Crippen LogP contribution in [0.25, 0.3) is 193 Å². The molecular formula is C108H66N2O2S2. The fraction of sp³-hybridized carbons (Fsp3) is 0. The van der Waals surface area contributed by atoms with E-state index in [1.807, 2.05) is 22.7 Å². The summed E-state index contributed by atoms with van der Waals surface area (Å²) in [6.45, 7) is 0. The molecule has 4 nitrogen and oxygen atoms in total. The molecule has 532 valence electrons. The van der Waals surface area contributed by atoms with Gasteiger partial charge in [-0.05, 0) is 189 Å². The van der Waals surface area contributed by atoms with Crippen LogP contribution in [0.15, 0.2) is 409 Å². The van der Waals surface area contributed by atoms with Gasteiger partial charge in [-0.3, -0.25) is 0 Å². The van der Waals surface area contributed by atoms with Gasteiger partial charge >= 0.3 is 0 Å². The molecule has 0 N–H and O–H groups in total. The zero-order valence-corrected chi connectivity index (χ0v) is 63.3. The van der Waals surface area contributed by atoms with Gasteiger partial charge in [0.25, 0.3) is 0 Å². The lowest BCUT2D eigenvalue weighted by molar-refractivity contribution is 0.669. The first-order valence-corrected chi connectivity index (χ1v) is 40.5. The van der Waals surface area contributed by atoms with E-state index in [1.54, 1.807) is 0 Å². The summed E-state index contributed by atoms with van der Waals surface area (Å²) in [4.78, 5) is 4.77. The lowest BCUT2D eigenvalue weighted by atomic mass is 9.95. The van der Waals surface area contributed by atoms with Crippen LogP contribution in [-0.2, 0) is 0 Å². The summed E-state index contributed by atoms with van der Waals surface area (Å²) in [7, 11) is 0. The van der Waals surface area contributed by atoms with Crippen molar-refractivity contribution >= 4 is 206 Å². The molecule has 0 bridgehead atoms. The van der Waals surface area contributed by atoms with Gasteiger partial charge in [0, 0.05) is 91.1 Å². The summed E-state index contributed by atoms with van der Waals surface area (Å²) in [6.07, 6.45) is 0. The smallest absolute Gasteiger partial charge is 0.160 e. The predicted molar refractivity (Wildman–Crippen MR) is 489 cm³/mol. The van der Waals surface area contributed by atoms with Crippen LogP contribution in [0, 0.1) is 0 Å². The summed E-state index contributed by atoms with van der Waals surface area (Å²) < 4.78 is 18.7. The average Bonchev–Trinajstić information content (AvgIpc) is 1.61. The first-order valence-electron chi connectivity index (χ1n) is 38.8. The monoisotopic (exact) mass is 1490 g/mol. The second-order valence-corrected chi connectivity index (χ2v) is 31.7. The largest absolute Gasteiger partial charge is 0.455 e. The molecule has 0 unspecified atom stereocenters. The molecule has 0 saturated heterocycles. The Hall–Kier alpha value is -14.4. The molecule has 0 amide bonds. The first-order chi connectivity index (χ1) is 56.5. The van der Waals surface area contributed by atoms with E-state index in [0.29, 0.717) is 0 Å². The van der Waals surface area contributed by atoms with Crippen molar-refractivity contribution < 1.29 is 8.83 Å². The van der Waals surface area contributed by atoms with Crippen LogP contribution in [0.4, 0.5) is 34.1 Å². The zero-order chi connectivity index (χ0) is 74.9. The number of para-hydroxylation sites is 2. The maximum Gasteiger partial charge on any atom is 0.160 e. The summed E-state index contributed by atoms with van der Waals surface area (Å²) in [5, 5.41) is 24.8. The number of furan rings is 2. The van der Waals surface area contributed by atoms with Gasteiger partial charge in [-0.25, -0.2) is 0 Å².